The topological polar surface area (TPSA) is 82.8 Å². The number of nitrogens with two attached hydrogens (primary N) is 1. The molecule has 0 fully saturated rings. The van der Waals surface area contributed by atoms with Gasteiger partial charge in [0.15, 0.2) is 11.5 Å². The van der Waals surface area contributed by atoms with E-state index in [-0.39, 0.29) is 12.5 Å². The normalized spacial score (nSPS) is 9.94. The van der Waals surface area contributed by atoms with E-state index in [4.69, 9.17) is 19.9 Å². The number of amides is 1. The van der Waals surface area contributed by atoms with Crippen molar-refractivity contribution in [3.63, 3.8) is 0 Å². The summed E-state index contributed by atoms with van der Waals surface area (Å²) in [7, 11) is 3.09. The summed E-state index contributed by atoms with van der Waals surface area (Å²) in [5, 5.41) is 2.69. The molecule has 0 aliphatic heterocycles. The van der Waals surface area contributed by atoms with Crippen molar-refractivity contribution in [1.82, 2.24) is 0 Å². The summed E-state index contributed by atoms with van der Waals surface area (Å²) in [6, 6.07) is 5.12. The maximum absolute atomic E-state index is 11.5. The van der Waals surface area contributed by atoms with Crippen molar-refractivity contribution in [2.45, 2.75) is 0 Å². The number of nitrogens with one attached hydrogen (secondary N) is 1. The Morgan fingerprint density at radius 3 is 2.61 bits per heavy atom. The third-order valence-corrected chi connectivity index (χ3v) is 2.16. The summed E-state index contributed by atoms with van der Waals surface area (Å²) in [5.41, 5.74) is 5.87. The Hall–Kier alpha value is -1.79. The van der Waals surface area contributed by atoms with Gasteiger partial charge in [0.1, 0.15) is 6.61 Å². The van der Waals surface area contributed by atoms with E-state index in [1.165, 1.54) is 7.11 Å². The molecule has 0 bridgehead atoms. The Morgan fingerprint density at radius 1 is 1.28 bits per heavy atom. The number of carbonyl (C=O) groups excluding carboxylic acids is 1. The van der Waals surface area contributed by atoms with Crippen LogP contribution in [-0.4, -0.2) is 39.9 Å². The van der Waals surface area contributed by atoms with E-state index >= 15 is 0 Å². The highest BCUT2D eigenvalue weighted by atomic mass is 16.5. The van der Waals surface area contributed by atoms with Crippen LogP contribution in [0, 0.1) is 0 Å². The molecule has 6 nitrogen and oxygen atoms in total. The van der Waals surface area contributed by atoms with E-state index in [0.717, 1.165) is 0 Å². The molecule has 0 aromatic heterocycles. The van der Waals surface area contributed by atoms with Gasteiger partial charge in [-0.25, -0.2) is 0 Å². The maximum atomic E-state index is 11.5. The van der Waals surface area contributed by atoms with Crippen molar-refractivity contribution in [3.05, 3.63) is 18.2 Å². The summed E-state index contributed by atoms with van der Waals surface area (Å²) in [5.74, 6) is 0.920. The summed E-state index contributed by atoms with van der Waals surface area (Å²) in [4.78, 5) is 11.5. The molecule has 1 amide bonds. The average molecular weight is 254 g/mol. The lowest BCUT2D eigenvalue weighted by Gasteiger charge is -2.10. The highest BCUT2D eigenvalue weighted by Crippen LogP contribution is 2.29. The molecule has 1 rings (SSSR count). The van der Waals surface area contributed by atoms with Crippen molar-refractivity contribution >= 4 is 11.6 Å². The fourth-order valence-corrected chi connectivity index (χ4v) is 1.36. The monoisotopic (exact) mass is 254 g/mol. The Bertz CT molecular complexity index is 396. The molecule has 3 N–H and O–H groups in total. The van der Waals surface area contributed by atoms with Crippen LogP contribution in [0.5, 0.6) is 11.5 Å². The van der Waals surface area contributed by atoms with Crippen LogP contribution in [0.3, 0.4) is 0 Å². The molecule has 0 aliphatic carbocycles. The number of anilines is 1. The number of hydrogen-bond acceptors (Lipinski definition) is 5. The van der Waals surface area contributed by atoms with Crippen molar-refractivity contribution in [2.24, 2.45) is 5.73 Å². The molecule has 0 radical (unpaired) electrons. The van der Waals surface area contributed by atoms with Gasteiger partial charge in [0, 0.05) is 18.3 Å². The largest absolute Gasteiger partial charge is 0.493 e. The lowest BCUT2D eigenvalue weighted by Crippen LogP contribution is -2.20. The lowest BCUT2D eigenvalue weighted by molar-refractivity contribution is -0.120. The van der Waals surface area contributed by atoms with Gasteiger partial charge in [-0.05, 0) is 12.1 Å². The molecular formula is C12H18N2O4. The van der Waals surface area contributed by atoms with Crippen LogP contribution < -0.4 is 20.5 Å². The molecule has 0 unspecified atom stereocenters. The van der Waals surface area contributed by atoms with Gasteiger partial charge in [-0.2, -0.15) is 0 Å². The average Bonchev–Trinajstić information content (AvgIpc) is 2.39. The molecule has 6 heteroatoms. The molecule has 1 aromatic carbocycles. The van der Waals surface area contributed by atoms with Gasteiger partial charge < -0.3 is 25.3 Å². The Balaban J connectivity index is 2.59. The summed E-state index contributed by atoms with van der Waals surface area (Å²) in [6.07, 6.45) is 0. The predicted octanol–water partition coefficient (Wildman–Crippen LogP) is 0.618. The minimum Gasteiger partial charge on any atom is -0.493 e. The van der Waals surface area contributed by atoms with E-state index in [0.29, 0.717) is 30.3 Å². The SMILES string of the molecule is COc1ccc(NC(=O)COCCN)cc1OC. The minimum absolute atomic E-state index is 0.0223. The molecule has 0 saturated carbocycles. The standard InChI is InChI=1S/C12H18N2O4/c1-16-10-4-3-9(7-11(10)17-2)14-12(15)8-18-6-5-13/h3-4,7H,5-6,8,13H2,1-2H3,(H,14,15). The molecule has 1 aromatic rings. The fraction of sp³-hybridized carbons (Fsp3) is 0.417. The predicted molar refractivity (Wildman–Crippen MR) is 68.0 cm³/mol. The van der Waals surface area contributed by atoms with Gasteiger partial charge in [0.2, 0.25) is 5.91 Å². The quantitative estimate of drug-likeness (QED) is 0.697. The van der Waals surface area contributed by atoms with Crippen molar-refractivity contribution in [1.29, 1.82) is 0 Å². The lowest BCUT2D eigenvalue weighted by atomic mass is 10.2. The highest BCUT2D eigenvalue weighted by molar-refractivity contribution is 5.92. The molecule has 0 saturated heterocycles. The molecule has 18 heavy (non-hydrogen) atoms. The van der Waals surface area contributed by atoms with Crippen LogP contribution in [0.2, 0.25) is 0 Å². The van der Waals surface area contributed by atoms with E-state index in [2.05, 4.69) is 5.32 Å². The number of methoxy groups -OCH3 is 2. The second-order valence-electron chi connectivity index (χ2n) is 3.46. The molecule has 0 aliphatic rings. The van der Waals surface area contributed by atoms with Crippen molar-refractivity contribution < 1.29 is 19.0 Å². The van der Waals surface area contributed by atoms with Gasteiger partial charge >= 0.3 is 0 Å². The van der Waals surface area contributed by atoms with Crippen LogP contribution in [0.25, 0.3) is 0 Å². The number of rotatable bonds is 7. The number of ether oxygens (including phenoxy) is 3. The summed E-state index contributed by atoms with van der Waals surface area (Å²) >= 11 is 0. The number of hydrogen-bond donors (Lipinski definition) is 2. The van der Waals surface area contributed by atoms with Crippen LogP contribution in [0.1, 0.15) is 0 Å². The highest BCUT2D eigenvalue weighted by Gasteiger charge is 2.07. The number of benzene rings is 1. The molecular weight excluding hydrogens is 236 g/mol. The first-order chi connectivity index (χ1) is 8.71. The maximum Gasteiger partial charge on any atom is 0.250 e. The second-order valence-corrected chi connectivity index (χ2v) is 3.46. The third kappa shape index (κ3) is 4.23. The Labute approximate surface area is 106 Å². The Kier molecular flexibility index (Phi) is 5.96. The zero-order chi connectivity index (χ0) is 13.4. The van der Waals surface area contributed by atoms with Crippen LogP contribution in [0.15, 0.2) is 18.2 Å². The van der Waals surface area contributed by atoms with E-state index in [1.807, 2.05) is 0 Å². The van der Waals surface area contributed by atoms with Crippen LogP contribution >= 0.6 is 0 Å². The van der Waals surface area contributed by atoms with Gasteiger partial charge in [-0.15, -0.1) is 0 Å². The first kappa shape index (κ1) is 14.3. The summed E-state index contributed by atoms with van der Waals surface area (Å²) in [6.45, 7) is 0.731. The van der Waals surface area contributed by atoms with Crippen molar-refractivity contribution in [2.75, 3.05) is 39.3 Å². The van der Waals surface area contributed by atoms with Gasteiger partial charge in [-0.3, -0.25) is 4.79 Å². The summed E-state index contributed by atoms with van der Waals surface area (Å²) < 4.78 is 15.3. The van der Waals surface area contributed by atoms with Crippen molar-refractivity contribution in [3.8, 4) is 11.5 Å². The minimum atomic E-state index is -0.240. The zero-order valence-corrected chi connectivity index (χ0v) is 10.6. The van der Waals surface area contributed by atoms with E-state index in [9.17, 15) is 4.79 Å². The van der Waals surface area contributed by atoms with E-state index < -0.39 is 0 Å². The van der Waals surface area contributed by atoms with E-state index in [1.54, 1.807) is 25.3 Å². The second kappa shape index (κ2) is 7.52. The molecule has 0 heterocycles. The van der Waals surface area contributed by atoms with Gasteiger partial charge in [0.05, 0.1) is 20.8 Å². The molecule has 100 valence electrons. The third-order valence-electron chi connectivity index (χ3n) is 2.16. The van der Waals surface area contributed by atoms with Gasteiger partial charge in [-0.1, -0.05) is 0 Å². The molecule has 0 atom stereocenters. The smallest absolute Gasteiger partial charge is 0.250 e. The van der Waals surface area contributed by atoms with Gasteiger partial charge in [0.25, 0.3) is 0 Å². The zero-order valence-electron chi connectivity index (χ0n) is 10.6. The Morgan fingerprint density at radius 2 is 2.00 bits per heavy atom. The molecule has 0 spiro atoms. The van der Waals surface area contributed by atoms with Crippen LogP contribution in [-0.2, 0) is 9.53 Å². The van der Waals surface area contributed by atoms with Crippen LogP contribution in [0.4, 0.5) is 5.69 Å². The fourth-order valence-electron chi connectivity index (χ4n) is 1.36. The number of carbonyl (C=O) groups is 1. The first-order valence-electron chi connectivity index (χ1n) is 5.51. The first-order valence-corrected chi connectivity index (χ1v) is 5.51.